The van der Waals surface area contributed by atoms with E-state index in [1.807, 2.05) is 6.92 Å². The monoisotopic (exact) mass is 223 g/mol. The normalized spacial score (nSPS) is 9.88. The Hall–Kier alpha value is -1.62. The number of aromatic nitrogens is 1. The van der Waals surface area contributed by atoms with Gasteiger partial charge < -0.3 is 15.7 Å². The molecule has 0 bridgehead atoms. The van der Waals surface area contributed by atoms with Crippen LogP contribution in [-0.2, 0) is 4.79 Å². The minimum atomic E-state index is 0.000340. The molecule has 1 aromatic rings. The first-order valence-electron chi connectivity index (χ1n) is 5.37. The summed E-state index contributed by atoms with van der Waals surface area (Å²) in [4.78, 5) is 15.4. The highest BCUT2D eigenvalue weighted by Gasteiger charge is 2.00. The van der Waals surface area contributed by atoms with E-state index < -0.39 is 0 Å². The molecule has 0 saturated carbocycles. The van der Waals surface area contributed by atoms with E-state index in [2.05, 4.69) is 15.6 Å². The van der Waals surface area contributed by atoms with Crippen LogP contribution >= 0.6 is 0 Å². The zero-order valence-electron chi connectivity index (χ0n) is 9.36. The van der Waals surface area contributed by atoms with E-state index in [1.54, 1.807) is 18.3 Å². The molecule has 0 fully saturated rings. The second-order valence-electron chi connectivity index (χ2n) is 3.38. The molecule has 1 amide bonds. The molecule has 0 aliphatic heterocycles. The van der Waals surface area contributed by atoms with E-state index in [0.717, 1.165) is 6.42 Å². The molecule has 0 spiro atoms. The lowest BCUT2D eigenvalue weighted by atomic mass is 10.3. The lowest BCUT2D eigenvalue weighted by molar-refractivity contribution is -0.116. The highest BCUT2D eigenvalue weighted by molar-refractivity contribution is 5.90. The van der Waals surface area contributed by atoms with Gasteiger partial charge >= 0.3 is 0 Å². The molecule has 0 aromatic carbocycles. The van der Waals surface area contributed by atoms with Crippen LogP contribution in [0.25, 0.3) is 0 Å². The van der Waals surface area contributed by atoms with Crippen LogP contribution < -0.4 is 10.6 Å². The molecular weight excluding hydrogens is 206 g/mol. The Balaban J connectivity index is 2.47. The van der Waals surface area contributed by atoms with Crippen molar-refractivity contribution in [1.82, 2.24) is 4.98 Å². The van der Waals surface area contributed by atoms with Crippen molar-refractivity contribution in [3.8, 4) is 0 Å². The number of aliphatic hydroxyl groups excluding tert-OH is 1. The zero-order chi connectivity index (χ0) is 11.8. The minimum Gasteiger partial charge on any atom is -0.395 e. The Morgan fingerprint density at radius 1 is 1.50 bits per heavy atom. The smallest absolute Gasteiger partial charge is 0.224 e. The molecule has 5 nitrogen and oxygen atoms in total. The van der Waals surface area contributed by atoms with E-state index in [-0.39, 0.29) is 12.5 Å². The Kier molecular flexibility index (Phi) is 5.28. The van der Waals surface area contributed by atoms with Gasteiger partial charge in [-0.2, -0.15) is 0 Å². The number of hydrogen-bond acceptors (Lipinski definition) is 4. The van der Waals surface area contributed by atoms with E-state index in [0.29, 0.717) is 24.5 Å². The topological polar surface area (TPSA) is 74.2 Å². The molecule has 5 heteroatoms. The van der Waals surface area contributed by atoms with Crippen molar-refractivity contribution in [3.63, 3.8) is 0 Å². The van der Waals surface area contributed by atoms with Crippen LogP contribution in [0.4, 0.5) is 11.5 Å². The number of pyridine rings is 1. The molecular formula is C11H17N3O2. The van der Waals surface area contributed by atoms with Gasteiger partial charge in [0.1, 0.15) is 5.82 Å². The van der Waals surface area contributed by atoms with Crippen molar-refractivity contribution in [3.05, 3.63) is 18.3 Å². The average molecular weight is 223 g/mol. The van der Waals surface area contributed by atoms with Gasteiger partial charge in [0.05, 0.1) is 18.5 Å². The Morgan fingerprint density at radius 3 is 2.88 bits per heavy atom. The van der Waals surface area contributed by atoms with Gasteiger partial charge in [0.2, 0.25) is 5.91 Å². The maximum absolute atomic E-state index is 11.3. The summed E-state index contributed by atoms with van der Waals surface area (Å²) in [5.41, 5.74) is 0.688. The maximum atomic E-state index is 11.3. The molecule has 0 aliphatic carbocycles. The fraction of sp³-hybridized carbons (Fsp3) is 0.455. The van der Waals surface area contributed by atoms with Gasteiger partial charge in [-0.15, -0.1) is 0 Å². The summed E-state index contributed by atoms with van der Waals surface area (Å²) in [7, 11) is 0. The lowest BCUT2D eigenvalue weighted by Crippen LogP contribution is -2.11. The van der Waals surface area contributed by atoms with E-state index in [4.69, 9.17) is 5.11 Å². The van der Waals surface area contributed by atoms with E-state index in [9.17, 15) is 4.79 Å². The van der Waals surface area contributed by atoms with Crippen molar-refractivity contribution in [2.24, 2.45) is 0 Å². The fourth-order valence-corrected chi connectivity index (χ4v) is 1.21. The van der Waals surface area contributed by atoms with Gasteiger partial charge in [0.15, 0.2) is 0 Å². The van der Waals surface area contributed by atoms with Crippen LogP contribution in [0.5, 0.6) is 0 Å². The third-order valence-corrected chi connectivity index (χ3v) is 1.94. The van der Waals surface area contributed by atoms with Crippen LogP contribution in [0.1, 0.15) is 19.8 Å². The van der Waals surface area contributed by atoms with Gasteiger partial charge in [0.25, 0.3) is 0 Å². The highest BCUT2D eigenvalue weighted by atomic mass is 16.3. The summed E-state index contributed by atoms with van der Waals surface area (Å²) in [5.74, 6) is 0.683. The molecule has 0 unspecified atom stereocenters. The van der Waals surface area contributed by atoms with Crippen molar-refractivity contribution in [2.75, 3.05) is 23.8 Å². The molecule has 0 atom stereocenters. The summed E-state index contributed by atoms with van der Waals surface area (Å²) in [6.07, 6.45) is 2.94. The largest absolute Gasteiger partial charge is 0.395 e. The first-order valence-corrected chi connectivity index (χ1v) is 5.37. The van der Waals surface area contributed by atoms with Gasteiger partial charge in [-0.25, -0.2) is 4.98 Å². The molecule has 1 aromatic heterocycles. The van der Waals surface area contributed by atoms with Crippen molar-refractivity contribution < 1.29 is 9.90 Å². The Morgan fingerprint density at radius 2 is 2.31 bits per heavy atom. The average Bonchev–Trinajstić information content (AvgIpc) is 2.28. The van der Waals surface area contributed by atoms with E-state index in [1.165, 1.54) is 0 Å². The first-order chi connectivity index (χ1) is 7.76. The standard InChI is InChI=1S/C11H17N3O2/c1-2-3-11(16)14-9-4-5-10(13-8-9)12-6-7-15/h4-5,8,15H,2-3,6-7H2,1H3,(H,12,13)(H,14,16). The van der Waals surface area contributed by atoms with Crippen molar-refractivity contribution in [2.45, 2.75) is 19.8 Å². The van der Waals surface area contributed by atoms with Gasteiger partial charge in [-0.3, -0.25) is 4.79 Å². The number of carbonyl (C=O) groups is 1. The molecule has 0 radical (unpaired) electrons. The highest BCUT2D eigenvalue weighted by Crippen LogP contribution is 2.09. The third-order valence-electron chi connectivity index (χ3n) is 1.94. The zero-order valence-corrected chi connectivity index (χ0v) is 9.36. The van der Waals surface area contributed by atoms with Crippen LogP contribution in [0.2, 0.25) is 0 Å². The van der Waals surface area contributed by atoms with Gasteiger partial charge in [0, 0.05) is 13.0 Å². The summed E-state index contributed by atoms with van der Waals surface area (Å²) >= 11 is 0. The first kappa shape index (κ1) is 12.4. The number of hydrogen-bond donors (Lipinski definition) is 3. The number of nitrogens with zero attached hydrogens (tertiary/aromatic N) is 1. The molecule has 3 N–H and O–H groups in total. The maximum Gasteiger partial charge on any atom is 0.224 e. The second kappa shape index (κ2) is 6.79. The SMILES string of the molecule is CCCC(=O)Nc1ccc(NCCO)nc1. The van der Waals surface area contributed by atoms with Gasteiger partial charge in [-0.05, 0) is 18.6 Å². The van der Waals surface area contributed by atoms with Gasteiger partial charge in [-0.1, -0.05) is 6.92 Å². The summed E-state index contributed by atoms with van der Waals surface area (Å²) in [6, 6.07) is 3.54. The molecule has 0 saturated heterocycles. The Labute approximate surface area is 94.9 Å². The molecule has 1 rings (SSSR count). The molecule has 1 heterocycles. The van der Waals surface area contributed by atoms with E-state index >= 15 is 0 Å². The Bertz CT molecular complexity index is 325. The molecule has 88 valence electrons. The number of anilines is 2. The predicted molar refractivity (Wildman–Crippen MR) is 63.4 cm³/mol. The van der Waals surface area contributed by atoms with Crippen LogP contribution in [0, 0.1) is 0 Å². The molecule has 16 heavy (non-hydrogen) atoms. The summed E-state index contributed by atoms with van der Waals surface area (Å²) < 4.78 is 0. The second-order valence-corrected chi connectivity index (χ2v) is 3.38. The predicted octanol–water partition coefficient (Wildman–Crippen LogP) is 1.22. The third kappa shape index (κ3) is 4.27. The molecule has 0 aliphatic rings. The number of nitrogens with one attached hydrogen (secondary N) is 2. The van der Waals surface area contributed by atoms with Crippen LogP contribution in [-0.4, -0.2) is 29.1 Å². The van der Waals surface area contributed by atoms with Crippen molar-refractivity contribution in [1.29, 1.82) is 0 Å². The lowest BCUT2D eigenvalue weighted by Gasteiger charge is -2.06. The fourth-order valence-electron chi connectivity index (χ4n) is 1.21. The van der Waals surface area contributed by atoms with Crippen LogP contribution in [0.15, 0.2) is 18.3 Å². The summed E-state index contributed by atoms with van der Waals surface area (Å²) in [6.45, 7) is 2.49. The minimum absolute atomic E-state index is 0.000340. The number of carbonyl (C=O) groups excluding carboxylic acids is 1. The quantitative estimate of drug-likeness (QED) is 0.678. The number of rotatable bonds is 6. The van der Waals surface area contributed by atoms with Crippen LogP contribution in [0.3, 0.4) is 0 Å². The number of aliphatic hydroxyl groups is 1. The van der Waals surface area contributed by atoms with Crippen molar-refractivity contribution >= 4 is 17.4 Å². The number of amides is 1. The summed E-state index contributed by atoms with van der Waals surface area (Å²) in [5, 5.41) is 14.3.